The number of carbonyl (C=O) groups is 2. The van der Waals surface area contributed by atoms with Crippen molar-refractivity contribution in [3.05, 3.63) is 54.1 Å². The molecule has 2 amide bonds. The van der Waals surface area contributed by atoms with Gasteiger partial charge in [0.05, 0.1) is 34.4 Å². The van der Waals surface area contributed by atoms with Gasteiger partial charge >= 0.3 is 6.18 Å². The van der Waals surface area contributed by atoms with E-state index in [0.717, 1.165) is 34.9 Å². The molecule has 0 bridgehead atoms. The number of sulfone groups is 1. The molecule has 0 aromatic heterocycles. The zero-order chi connectivity index (χ0) is 24.7. The molecule has 2 heterocycles. The SMILES string of the molecule is CCS(=O)(=O)c1ccc(N2CCN(C3CC(=O)N(c4ccc(C(F)(F)F)cc4)C3=O)CC2)cc1. The Morgan fingerprint density at radius 1 is 0.882 bits per heavy atom. The summed E-state index contributed by atoms with van der Waals surface area (Å²) in [6.07, 6.45) is -4.52. The lowest BCUT2D eigenvalue weighted by atomic mass is 10.1. The van der Waals surface area contributed by atoms with E-state index in [-0.39, 0.29) is 22.8 Å². The maximum absolute atomic E-state index is 13.0. The highest BCUT2D eigenvalue weighted by Crippen LogP contribution is 2.32. The minimum Gasteiger partial charge on any atom is -0.369 e. The molecule has 2 saturated heterocycles. The van der Waals surface area contributed by atoms with Crippen LogP contribution < -0.4 is 9.80 Å². The Morgan fingerprint density at radius 2 is 1.44 bits per heavy atom. The van der Waals surface area contributed by atoms with E-state index in [1.165, 1.54) is 0 Å². The van der Waals surface area contributed by atoms with Gasteiger partial charge in [-0.25, -0.2) is 13.3 Å². The van der Waals surface area contributed by atoms with E-state index in [9.17, 15) is 31.2 Å². The summed E-state index contributed by atoms with van der Waals surface area (Å²) in [7, 11) is -3.27. The molecule has 7 nitrogen and oxygen atoms in total. The Balaban J connectivity index is 1.40. The minimum absolute atomic E-state index is 0.0244. The van der Waals surface area contributed by atoms with Crippen LogP contribution in [0.15, 0.2) is 53.4 Å². The molecule has 0 N–H and O–H groups in total. The lowest BCUT2D eigenvalue weighted by Gasteiger charge is -2.38. The fourth-order valence-electron chi connectivity index (χ4n) is 4.29. The lowest BCUT2D eigenvalue weighted by Crippen LogP contribution is -2.52. The molecular weight excluding hydrogens is 471 g/mol. The van der Waals surface area contributed by atoms with Crippen LogP contribution in [0.25, 0.3) is 0 Å². The summed E-state index contributed by atoms with van der Waals surface area (Å²) in [5.41, 5.74) is 0.157. The molecule has 0 saturated carbocycles. The zero-order valence-corrected chi connectivity index (χ0v) is 19.3. The predicted octanol–water partition coefficient (Wildman–Crippen LogP) is 2.95. The van der Waals surface area contributed by atoms with E-state index >= 15 is 0 Å². The van der Waals surface area contributed by atoms with Crippen molar-refractivity contribution < 1.29 is 31.2 Å². The standard InChI is InChI=1S/C23H24F3N3O4S/c1-2-34(32,33)19-9-7-17(8-10-19)27-11-13-28(14-12-27)20-15-21(30)29(22(20)31)18-5-3-16(4-6-18)23(24,25)26/h3-10,20H,2,11-15H2,1H3. The largest absolute Gasteiger partial charge is 0.416 e. The van der Waals surface area contributed by atoms with Gasteiger partial charge in [-0.15, -0.1) is 0 Å². The third-order valence-electron chi connectivity index (χ3n) is 6.27. The molecule has 1 atom stereocenters. The first-order chi connectivity index (χ1) is 16.0. The number of piperazine rings is 1. The van der Waals surface area contributed by atoms with E-state index in [4.69, 9.17) is 0 Å². The second kappa shape index (κ2) is 9.03. The zero-order valence-electron chi connectivity index (χ0n) is 18.5. The highest BCUT2D eigenvalue weighted by Gasteiger charge is 2.43. The number of hydrogen-bond acceptors (Lipinski definition) is 6. The van der Waals surface area contributed by atoms with Crippen LogP contribution in [0.1, 0.15) is 18.9 Å². The maximum Gasteiger partial charge on any atom is 0.416 e. The smallest absolute Gasteiger partial charge is 0.369 e. The Morgan fingerprint density at radius 3 is 1.97 bits per heavy atom. The summed E-state index contributed by atoms with van der Waals surface area (Å²) in [6.45, 7) is 3.78. The first-order valence-electron chi connectivity index (χ1n) is 10.9. The molecular formula is C23H24F3N3O4S. The van der Waals surface area contributed by atoms with Gasteiger partial charge in [0, 0.05) is 31.9 Å². The monoisotopic (exact) mass is 495 g/mol. The van der Waals surface area contributed by atoms with Gasteiger partial charge in [0.2, 0.25) is 5.91 Å². The summed E-state index contributed by atoms with van der Waals surface area (Å²) < 4.78 is 62.4. The Hall–Kier alpha value is -2.92. The Bertz CT molecular complexity index is 1170. The molecule has 2 aliphatic rings. The van der Waals surface area contributed by atoms with Gasteiger partial charge in [0.1, 0.15) is 0 Å². The molecule has 2 aromatic carbocycles. The van der Waals surface area contributed by atoms with Crippen LogP contribution in [0, 0.1) is 0 Å². The van der Waals surface area contributed by atoms with E-state index in [0.29, 0.717) is 26.2 Å². The highest BCUT2D eigenvalue weighted by molar-refractivity contribution is 7.91. The number of alkyl halides is 3. The van der Waals surface area contributed by atoms with E-state index in [1.807, 2.05) is 4.90 Å². The molecule has 2 fully saturated rings. The molecule has 0 aliphatic carbocycles. The molecule has 0 spiro atoms. The Kier molecular flexibility index (Phi) is 6.43. The van der Waals surface area contributed by atoms with Crippen LogP contribution in [0.3, 0.4) is 0 Å². The topological polar surface area (TPSA) is 78.0 Å². The fourth-order valence-corrected chi connectivity index (χ4v) is 5.18. The van der Waals surface area contributed by atoms with Crippen molar-refractivity contribution in [1.29, 1.82) is 0 Å². The lowest BCUT2D eigenvalue weighted by molar-refractivity contribution is -0.137. The van der Waals surface area contributed by atoms with Gasteiger partial charge in [0.25, 0.3) is 5.91 Å². The fraction of sp³-hybridized carbons (Fsp3) is 0.391. The van der Waals surface area contributed by atoms with E-state index < -0.39 is 39.4 Å². The first kappa shape index (κ1) is 24.2. The summed E-state index contributed by atoms with van der Waals surface area (Å²) >= 11 is 0. The number of halogens is 3. The van der Waals surface area contributed by atoms with Gasteiger partial charge in [-0.2, -0.15) is 13.2 Å². The molecule has 11 heteroatoms. The summed E-state index contributed by atoms with van der Waals surface area (Å²) in [5.74, 6) is -0.847. The highest BCUT2D eigenvalue weighted by atomic mass is 32.2. The Labute approximate surface area is 195 Å². The van der Waals surface area contributed by atoms with Crippen LogP contribution in [-0.2, 0) is 25.6 Å². The number of nitrogens with zero attached hydrogens (tertiary/aromatic N) is 3. The normalized spacial score (nSPS) is 20.3. The number of imide groups is 1. The molecule has 2 aromatic rings. The molecule has 4 rings (SSSR count). The van der Waals surface area contributed by atoms with Gasteiger partial charge < -0.3 is 4.90 Å². The van der Waals surface area contributed by atoms with Crippen molar-refractivity contribution in [2.45, 2.75) is 30.5 Å². The summed E-state index contributed by atoms with van der Waals surface area (Å²) in [5, 5.41) is 0. The number of amides is 2. The molecule has 182 valence electrons. The van der Waals surface area contributed by atoms with E-state index in [2.05, 4.69) is 4.90 Å². The van der Waals surface area contributed by atoms with Gasteiger partial charge in [0.15, 0.2) is 9.84 Å². The summed E-state index contributed by atoms with van der Waals surface area (Å²) in [4.78, 5) is 30.7. The van der Waals surface area contributed by atoms with Crippen LogP contribution in [-0.4, -0.2) is 63.1 Å². The number of rotatable bonds is 5. The van der Waals surface area contributed by atoms with Crippen molar-refractivity contribution in [3.63, 3.8) is 0 Å². The minimum atomic E-state index is -4.50. The predicted molar refractivity (Wildman–Crippen MR) is 120 cm³/mol. The number of hydrogen-bond donors (Lipinski definition) is 0. The second-order valence-electron chi connectivity index (χ2n) is 8.25. The molecule has 1 unspecified atom stereocenters. The number of carbonyl (C=O) groups excluding carboxylic acids is 2. The molecule has 0 radical (unpaired) electrons. The van der Waals surface area contributed by atoms with Crippen molar-refractivity contribution in [2.75, 3.05) is 41.7 Å². The van der Waals surface area contributed by atoms with Gasteiger partial charge in [-0.05, 0) is 48.5 Å². The van der Waals surface area contributed by atoms with Crippen LogP contribution in [0.2, 0.25) is 0 Å². The average molecular weight is 496 g/mol. The average Bonchev–Trinajstić information content (AvgIpc) is 3.12. The second-order valence-corrected chi connectivity index (χ2v) is 10.5. The van der Waals surface area contributed by atoms with E-state index in [1.54, 1.807) is 31.2 Å². The molecule has 2 aliphatic heterocycles. The van der Waals surface area contributed by atoms with Crippen LogP contribution >= 0.6 is 0 Å². The van der Waals surface area contributed by atoms with Crippen LogP contribution in [0.4, 0.5) is 24.5 Å². The number of anilines is 2. The first-order valence-corrected chi connectivity index (χ1v) is 12.5. The molecule has 34 heavy (non-hydrogen) atoms. The van der Waals surface area contributed by atoms with Gasteiger partial charge in [-0.3, -0.25) is 14.5 Å². The maximum atomic E-state index is 13.0. The van der Waals surface area contributed by atoms with Crippen molar-refractivity contribution >= 4 is 33.0 Å². The van der Waals surface area contributed by atoms with Gasteiger partial charge in [-0.1, -0.05) is 6.92 Å². The summed E-state index contributed by atoms with van der Waals surface area (Å²) in [6, 6.07) is 10.0. The van der Waals surface area contributed by atoms with Crippen molar-refractivity contribution in [2.24, 2.45) is 0 Å². The van der Waals surface area contributed by atoms with Crippen LogP contribution in [0.5, 0.6) is 0 Å². The van der Waals surface area contributed by atoms with Crippen molar-refractivity contribution in [3.8, 4) is 0 Å². The number of benzene rings is 2. The van der Waals surface area contributed by atoms with Crippen molar-refractivity contribution in [1.82, 2.24) is 4.90 Å². The quantitative estimate of drug-likeness (QED) is 0.594. The third kappa shape index (κ3) is 4.67. The third-order valence-corrected chi connectivity index (χ3v) is 8.02.